The number of sulfonamides is 1. The molecular weight excluding hydrogens is 292 g/mol. The fourth-order valence-corrected chi connectivity index (χ4v) is 3.51. The first-order valence-electron chi connectivity index (χ1n) is 6.88. The van der Waals surface area contributed by atoms with Crippen LogP contribution in [0, 0.1) is 0 Å². The molecule has 1 saturated heterocycles. The number of carbonyl (C=O) groups excluding carboxylic acids is 1. The Hall–Kier alpha value is -1.44. The molecule has 21 heavy (non-hydrogen) atoms. The summed E-state index contributed by atoms with van der Waals surface area (Å²) in [5.74, 6) is -0.623. The van der Waals surface area contributed by atoms with Gasteiger partial charge in [0.15, 0.2) is 0 Å². The van der Waals surface area contributed by atoms with E-state index in [9.17, 15) is 13.2 Å². The van der Waals surface area contributed by atoms with Crippen LogP contribution in [0.25, 0.3) is 0 Å². The van der Waals surface area contributed by atoms with Gasteiger partial charge in [-0.15, -0.1) is 0 Å². The lowest BCUT2D eigenvalue weighted by molar-refractivity contribution is 0.0600. The largest absolute Gasteiger partial charge is 0.465 e. The van der Waals surface area contributed by atoms with Crippen molar-refractivity contribution in [3.8, 4) is 0 Å². The molecule has 2 N–H and O–H groups in total. The Labute approximate surface area is 124 Å². The number of nitrogens with one attached hydrogen (secondary N) is 2. The third kappa shape index (κ3) is 4.80. The molecule has 1 aromatic carbocycles. The van der Waals surface area contributed by atoms with Crippen molar-refractivity contribution < 1.29 is 17.9 Å². The highest BCUT2D eigenvalue weighted by Gasteiger charge is 2.18. The zero-order valence-corrected chi connectivity index (χ0v) is 12.8. The molecule has 0 saturated carbocycles. The van der Waals surface area contributed by atoms with E-state index in [1.807, 2.05) is 0 Å². The minimum Gasteiger partial charge on any atom is -0.465 e. The van der Waals surface area contributed by atoms with Crippen molar-refractivity contribution in [1.82, 2.24) is 10.0 Å². The molecule has 1 fully saturated rings. The molecule has 6 nitrogen and oxygen atoms in total. The number of esters is 1. The topological polar surface area (TPSA) is 84.5 Å². The van der Waals surface area contributed by atoms with Crippen LogP contribution in [-0.4, -0.2) is 40.6 Å². The summed E-state index contributed by atoms with van der Waals surface area (Å²) in [5.41, 5.74) is 0.910. The predicted octanol–water partition coefficient (Wildman–Crippen LogP) is 0.645. The first-order valence-corrected chi connectivity index (χ1v) is 8.53. The smallest absolute Gasteiger partial charge is 0.337 e. The van der Waals surface area contributed by atoms with Gasteiger partial charge in [0, 0.05) is 12.6 Å². The van der Waals surface area contributed by atoms with Crippen LogP contribution in [0.3, 0.4) is 0 Å². The summed E-state index contributed by atoms with van der Waals surface area (Å²) in [6, 6.07) is 6.67. The zero-order chi connectivity index (χ0) is 15.3. The van der Waals surface area contributed by atoms with Crippen LogP contribution < -0.4 is 10.0 Å². The number of ether oxygens (including phenoxy) is 1. The highest BCUT2D eigenvalue weighted by molar-refractivity contribution is 7.88. The average molecular weight is 312 g/mol. The molecule has 2 rings (SSSR count). The van der Waals surface area contributed by atoms with Crippen molar-refractivity contribution in [2.45, 2.75) is 24.6 Å². The van der Waals surface area contributed by atoms with E-state index in [4.69, 9.17) is 0 Å². The summed E-state index contributed by atoms with van der Waals surface area (Å²) in [6.07, 6.45) is 2.06. The third-order valence-corrected chi connectivity index (χ3v) is 4.74. The summed E-state index contributed by atoms with van der Waals surface area (Å²) >= 11 is 0. The van der Waals surface area contributed by atoms with E-state index in [1.54, 1.807) is 24.3 Å². The maximum absolute atomic E-state index is 12.1. The van der Waals surface area contributed by atoms with E-state index in [1.165, 1.54) is 7.11 Å². The number of rotatable bonds is 6. The van der Waals surface area contributed by atoms with Crippen molar-refractivity contribution in [2.24, 2.45) is 0 Å². The van der Waals surface area contributed by atoms with Gasteiger partial charge < -0.3 is 10.1 Å². The molecule has 1 aromatic rings. The number of hydrogen-bond donors (Lipinski definition) is 2. The Morgan fingerprint density at radius 1 is 1.48 bits per heavy atom. The van der Waals surface area contributed by atoms with Crippen molar-refractivity contribution in [3.63, 3.8) is 0 Å². The summed E-state index contributed by atoms with van der Waals surface area (Å²) in [5, 5.41) is 3.24. The molecule has 0 aliphatic carbocycles. The second kappa shape index (κ2) is 7.02. The highest BCUT2D eigenvalue weighted by Crippen LogP contribution is 2.10. The average Bonchev–Trinajstić information content (AvgIpc) is 2.97. The minimum atomic E-state index is -3.41. The Morgan fingerprint density at radius 2 is 2.29 bits per heavy atom. The second-order valence-electron chi connectivity index (χ2n) is 5.09. The van der Waals surface area contributed by atoms with Crippen LogP contribution in [0.4, 0.5) is 0 Å². The van der Waals surface area contributed by atoms with Gasteiger partial charge in [-0.1, -0.05) is 12.1 Å². The number of hydrogen-bond acceptors (Lipinski definition) is 5. The summed E-state index contributed by atoms with van der Waals surface area (Å²) in [6.45, 7) is 1.34. The number of methoxy groups -OCH3 is 1. The summed E-state index contributed by atoms with van der Waals surface area (Å²) < 4.78 is 31.3. The summed E-state index contributed by atoms with van der Waals surface area (Å²) in [4.78, 5) is 11.4. The Bertz CT molecular complexity index is 595. The molecule has 0 aromatic heterocycles. The third-order valence-electron chi connectivity index (χ3n) is 3.42. The molecule has 1 aliphatic heterocycles. The van der Waals surface area contributed by atoms with Gasteiger partial charge in [0.2, 0.25) is 10.0 Å². The van der Waals surface area contributed by atoms with Gasteiger partial charge in [0.1, 0.15) is 0 Å². The van der Waals surface area contributed by atoms with Gasteiger partial charge in [-0.05, 0) is 37.1 Å². The van der Waals surface area contributed by atoms with Crippen molar-refractivity contribution >= 4 is 16.0 Å². The lowest BCUT2D eigenvalue weighted by Crippen LogP contribution is -2.37. The van der Waals surface area contributed by atoms with Crippen LogP contribution in [0.15, 0.2) is 24.3 Å². The fourth-order valence-electron chi connectivity index (χ4n) is 2.33. The van der Waals surface area contributed by atoms with Crippen LogP contribution in [0.2, 0.25) is 0 Å². The molecule has 1 aliphatic rings. The van der Waals surface area contributed by atoms with Gasteiger partial charge in [0.25, 0.3) is 0 Å². The van der Waals surface area contributed by atoms with E-state index in [0.29, 0.717) is 17.7 Å². The molecule has 116 valence electrons. The lowest BCUT2D eigenvalue weighted by atomic mass is 10.1. The molecule has 0 bridgehead atoms. The molecule has 1 atom stereocenters. The Balaban J connectivity index is 1.97. The standard InChI is InChI=1S/C14H20N2O4S/c1-20-14(17)12-5-2-4-11(8-12)10-21(18,19)16-9-13-6-3-7-15-13/h2,4-5,8,13,15-16H,3,6-7,9-10H2,1H3. The van der Waals surface area contributed by atoms with E-state index in [-0.39, 0.29) is 11.8 Å². The molecular formula is C14H20N2O4S. The van der Waals surface area contributed by atoms with Crippen LogP contribution in [-0.2, 0) is 20.5 Å². The molecule has 0 radical (unpaired) electrons. The predicted molar refractivity (Wildman–Crippen MR) is 79.4 cm³/mol. The van der Waals surface area contributed by atoms with Crippen molar-refractivity contribution in [1.29, 1.82) is 0 Å². The van der Waals surface area contributed by atoms with Crippen molar-refractivity contribution in [3.05, 3.63) is 35.4 Å². The zero-order valence-electron chi connectivity index (χ0n) is 12.0. The second-order valence-corrected chi connectivity index (χ2v) is 6.90. The van der Waals surface area contributed by atoms with Crippen molar-refractivity contribution in [2.75, 3.05) is 20.2 Å². The number of carbonyl (C=O) groups is 1. The number of benzene rings is 1. The van der Waals surface area contributed by atoms with Crippen LogP contribution in [0.5, 0.6) is 0 Å². The first-order chi connectivity index (χ1) is 10.00. The monoisotopic (exact) mass is 312 g/mol. The fraction of sp³-hybridized carbons (Fsp3) is 0.500. The highest BCUT2D eigenvalue weighted by atomic mass is 32.2. The van der Waals surface area contributed by atoms with Gasteiger partial charge in [-0.3, -0.25) is 0 Å². The van der Waals surface area contributed by atoms with Gasteiger partial charge in [-0.25, -0.2) is 17.9 Å². The maximum atomic E-state index is 12.1. The SMILES string of the molecule is COC(=O)c1cccc(CS(=O)(=O)NCC2CCCN2)c1. The molecule has 1 unspecified atom stereocenters. The quantitative estimate of drug-likeness (QED) is 0.753. The molecule has 7 heteroatoms. The molecule has 0 amide bonds. The van der Waals surface area contributed by atoms with Crippen LogP contribution >= 0.6 is 0 Å². The van der Waals surface area contributed by atoms with E-state index < -0.39 is 16.0 Å². The van der Waals surface area contributed by atoms with E-state index in [0.717, 1.165) is 19.4 Å². The minimum absolute atomic E-state index is 0.148. The first kappa shape index (κ1) is 15.9. The maximum Gasteiger partial charge on any atom is 0.337 e. The Kier molecular flexibility index (Phi) is 5.33. The van der Waals surface area contributed by atoms with Crippen LogP contribution in [0.1, 0.15) is 28.8 Å². The van der Waals surface area contributed by atoms with Gasteiger partial charge >= 0.3 is 5.97 Å². The van der Waals surface area contributed by atoms with E-state index >= 15 is 0 Å². The van der Waals surface area contributed by atoms with Gasteiger partial charge in [-0.2, -0.15) is 0 Å². The lowest BCUT2D eigenvalue weighted by Gasteiger charge is -2.12. The Morgan fingerprint density at radius 3 is 2.95 bits per heavy atom. The summed E-state index contributed by atoms with van der Waals surface area (Å²) in [7, 11) is -2.12. The van der Waals surface area contributed by atoms with E-state index in [2.05, 4.69) is 14.8 Å². The normalized spacial score (nSPS) is 18.6. The molecule has 1 heterocycles. The van der Waals surface area contributed by atoms with Gasteiger partial charge in [0.05, 0.1) is 18.4 Å². The molecule has 0 spiro atoms.